The Morgan fingerprint density at radius 3 is 2.83 bits per heavy atom. The molecule has 0 N–H and O–H groups in total. The van der Waals surface area contributed by atoms with Crippen LogP contribution in [0.25, 0.3) is 0 Å². The Balaban J connectivity index is 1.88. The summed E-state index contributed by atoms with van der Waals surface area (Å²) in [5, 5.41) is 0. The largest absolute Gasteiger partial charge is 0.367 e. The number of aldehydes is 1. The first-order chi connectivity index (χ1) is 8.79. The van der Waals surface area contributed by atoms with Gasteiger partial charge in [-0.25, -0.2) is 0 Å². The van der Waals surface area contributed by atoms with E-state index in [9.17, 15) is 4.79 Å². The fourth-order valence-corrected chi connectivity index (χ4v) is 4.16. The summed E-state index contributed by atoms with van der Waals surface area (Å²) in [6.07, 6.45) is 7.72. The lowest BCUT2D eigenvalue weighted by molar-refractivity contribution is 0.112. The van der Waals surface area contributed by atoms with E-state index in [0.29, 0.717) is 0 Å². The molecule has 1 aromatic carbocycles. The Hall–Kier alpha value is -0.830. The number of benzene rings is 1. The highest BCUT2D eigenvalue weighted by Gasteiger charge is 2.36. The predicted molar refractivity (Wildman–Crippen MR) is 77.2 cm³/mol. The monoisotopic (exact) mass is 307 g/mol. The van der Waals surface area contributed by atoms with Crippen LogP contribution in [0.1, 0.15) is 42.5 Å². The zero-order valence-corrected chi connectivity index (χ0v) is 12.0. The third kappa shape index (κ3) is 2.09. The highest BCUT2D eigenvalue weighted by molar-refractivity contribution is 9.10. The Morgan fingerprint density at radius 2 is 2.06 bits per heavy atom. The third-order valence-electron chi connectivity index (χ3n) is 4.43. The zero-order valence-electron chi connectivity index (χ0n) is 10.4. The minimum absolute atomic E-state index is 0.720. The average Bonchev–Trinajstić information content (AvgIpc) is 2.82. The number of anilines is 1. The molecule has 1 heterocycles. The summed E-state index contributed by atoms with van der Waals surface area (Å²) in [6.45, 7) is 1.16. The SMILES string of the molecule is O=Cc1ccc(N2CCC3CCCCC32)c(Br)c1. The summed E-state index contributed by atoms with van der Waals surface area (Å²) in [5.74, 6) is 0.886. The van der Waals surface area contributed by atoms with Gasteiger partial charge in [-0.05, 0) is 59.3 Å². The van der Waals surface area contributed by atoms with E-state index in [2.05, 4.69) is 26.9 Å². The second-order valence-corrected chi connectivity index (χ2v) is 6.28. The van der Waals surface area contributed by atoms with Crippen LogP contribution >= 0.6 is 15.9 Å². The average molecular weight is 308 g/mol. The van der Waals surface area contributed by atoms with Crippen LogP contribution in [0.2, 0.25) is 0 Å². The van der Waals surface area contributed by atoms with Gasteiger partial charge in [0.05, 0.1) is 5.69 Å². The van der Waals surface area contributed by atoms with Gasteiger partial charge < -0.3 is 4.90 Å². The summed E-state index contributed by atoms with van der Waals surface area (Å²) in [4.78, 5) is 13.3. The number of hydrogen-bond acceptors (Lipinski definition) is 2. The van der Waals surface area contributed by atoms with Crippen LogP contribution in [0.15, 0.2) is 22.7 Å². The maximum absolute atomic E-state index is 10.8. The lowest BCUT2D eigenvalue weighted by Crippen LogP contribution is -2.34. The van der Waals surface area contributed by atoms with Gasteiger partial charge >= 0.3 is 0 Å². The van der Waals surface area contributed by atoms with E-state index < -0.39 is 0 Å². The molecular weight excluding hydrogens is 290 g/mol. The highest BCUT2D eigenvalue weighted by atomic mass is 79.9. The lowest BCUT2D eigenvalue weighted by atomic mass is 9.85. The quantitative estimate of drug-likeness (QED) is 0.769. The van der Waals surface area contributed by atoms with Gasteiger partial charge in [0.25, 0.3) is 0 Å². The number of halogens is 1. The van der Waals surface area contributed by atoms with E-state index in [1.54, 1.807) is 0 Å². The molecule has 2 fully saturated rings. The van der Waals surface area contributed by atoms with Gasteiger partial charge in [0.2, 0.25) is 0 Å². The highest BCUT2D eigenvalue weighted by Crippen LogP contribution is 2.41. The van der Waals surface area contributed by atoms with Crippen molar-refractivity contribution in [1.82, 2.24) is 0 Å². The first kappa shape index (κ1) is 12.2. The molecular formula is C15H18BrNO. The van der Waals surface area contributed by atoms with Gasteiger partial charge in [0.1, 0.15) is 6.29 Å². The predicted octanol–water partition coefficient (Wildman–Crippen LogP) is 4.03. The van der Waals surface area contributed by atoms with Crippen LogP contribution in [-0.2, 0) is 0 Å². The molecule has 2 unspecified atom stereocenters. The minimum Gasteiger partial charge on any atom is -0.367 e. The van der Waals surface area contributed by atoms with Gasteiger partial charge in [-0.1, -0.05) is 12.8 Å². The van der Waals surface area contributed by atoms with Crippen molar-refractivity contribution in [1.29, 1.82) is 0 Å². The van der Waals surface area contributed by atoms with Gasteiger partial charge in [-0.2, -0.15) is 0 Å². The van der Waals surface area contributed by atoms with Crippen LogP contribution in [0.3, 0.4) is 0 Å². The van der Waals surface area contributed by atoms with Gasteiger partial charge in [0, 0.05) is 22.6 Å². The van der Waals surface area contributed by atoms with Crippen LogP contribution in [-0.4, -0.2) is 18.9 Å². The molecule has 2 nitrogen and oxygen atoms in total. The molecule has 2 atom stereocenters. The molecule has 1 saturated carbocycles. The molecule has 1 aliphatic carbocycles. The van der Waals surface area contributed by atoms with Crippen molar-refractivity contribution < 1.29 is 4.79 Å². The molecule has 1 saturated heterocycles. The molecule has 1 aromatic rings. The molecule has 3 heteroatoms. The minimum atomic E-state index is 0.720. The van der Waals surface area contributed by atoms with E-state index in [1.807, 2.05) is 12.1 Å². The second kappa shape index (κ2) is 5.04. The zero-order chi connectivity index (χ0) is 12.5. The summed E-state index contributed by atoms with van der Waals surface area (Å²) >= 11 is 3.61. The Labute approximate surface area is 116 Å². The molecule has 0 aromatic heterocycles. The van der Waals surface area contributed by atoms with Crippen molar-refractivity contribution in [3.63, 3.8) is 0 Å². The van der Waals surface area contributed by atoms with Crippen molar-refractivity contribution in [2.24, 2.45) is 5.92 Å². The first-order valence-corrected chi connectivity index (χ1v) is 7.60. The molecule has 18 heavy (non-hydrogen) atoms. The normalized spacial score (nSPS) is 27.1. The molecule has 0 radical (unpaired) electrons. The number of nitrogens with zero attached hydrogens (tertiary/aromatic N) is 1. The maximum Gasteiger partial charge on any atom is 0.150 e. The number of rotatable bonds is 2. The Kier molecular flexibility index (Phi) is 3.42. The molecule has 0 spiro atoms. The fraction of sp³-hybridized carbons (Fsp3) is 0.533. The van der Waals surface area contributed by atoms with Crippen molar-refractivity contribution in [2.75, 3.05) is 11.4 Å². The van der Waals surface area contributed by atoms with Crippen LogP contribution in [0.4, 0.5) is 5.69 Å². The molecule has 1 aliphatic heterocycles. The van der Waals surface area contributed by atoms with E-state index in [0.717, 1.165) is 34.8 Å². The van der Waals surface area contributed by atoms with Crippen molar-refractivity contribution in [2.45, 2.75) is 38.1 Å². The third-order valence-corrected chi connectivity index (χ3v) is 5.06. The van der Waals surface area contributed by atoms with Crippen molar-refractivity contribution >= 4 is 27.9 Å². The van der Waals surface area contributed by atoms with Gasteiger partial charge in [-0.3, -0.25) is 4.79 Å². The van der Waals surface area contributed by atoms with E-state index in [4.69, 9.17) is 0 Å². The topological polar surface area (TPSA) is 20.3 Å². The molecule has 96 valence electrons. The summed E-state index contributed by atoms with van der Waals surface area (Å²) in [7, 11) is 0. The lowest BCUT2D eigenvalue weighted by Gasteiger charge is -2.33. The standard InChI is InChI=1S/C15H18BrNO/c16-13-9-11(10-18)5-6-15(13)17-8-7-12-3-1-2-4-14(12)17/h5-6,9-10,12,14H,1-4,7-8H2. The van der Waals surface area contributed by atoms with Crippen LogP contribution in [0.5, 0.6) is 0 Å². The number of fused-ring (bicyclic) bond motifs is 1. The number of carbonyl (C=O) groups excluding carboxylic acids is 1. The molecule has 0 bridgehead atoms. The van der Waals surface area contributed by atoms with Crippen molar-refractivity contribution in [3.05, 3.63) is 28.2 Å². The molecule has 0 amide bonds. The van der Waals surface area contributed by atoms with E-state index >= 15 is 0 Å². The fourth-order valence-electron chi connectivity index (χ4n) is 3.53. The Bertz CT molecular complexity index is 460. The maximum atomic E-state index is 10.8. The first-order valence-electron chi connectivity index (χ1n) is 6.81. The van der Waals surface area contributed by atoms with E-state index in [-0.39, 0.29) is 0 Å². The molecule has 3 rings (SSSR count). The van der Waals surface area contributed by atoms with Gasteiger partial charge in [-0.15, -0.1) is 0 Å². The van der Waals surface area contributed by atoms with Crippen LogP contribution < -0.4 is 4.90 Å². The number of carbonyl (C=O) groups is 1. The molecule has 2 aliphatic rings. The second-order valence-electron chi connectivity index (χ2n) is 5.42. The van der Waals surface area contributed by atoms with Crippen molar-refractivity contribution in [3.8, 4) is 0 Å². The van der Waals surface area contributed by atoms with Crippen LogP contribution in [0, 0.1) is 5.92 Å². The van der Waals surface area contributed by atoms with Gasteiger partial charge in [0.15, 0.2) is 0 Å². The number of hydrogen-bond donors (Lipinski definition) is 0. The summed E-state index contributed by atoms with van der Waals surface area (Å²) in [6, 6.07) is 6.66. The Morgan fingerprint density at radius 1 is 1.22 bits per heavy atom. The summed E-state index contributed by atoms with van der Waals surface area (Å²) in [5.41, 5.74) is 2.00. The van der Waals surface area contributed by atoms with E-state index in [1.165, 1.54) is 37.8 Å². The smallest absolute Gasteiger partial charge is 0.150 e. The summed E-state index contributed by atoms with van der Waals surface area (Å²) < 4.78 is 1.05.